The summed E-state index contributed by atoms with van der Waals surface area (Å²) in [5.41, 5.74) is 0.549. The van der Waals surface area contributed by atoms with Crippen LogP contribution in [0.4, 0.5) is 0 Å². The molecule has 0 aromatic heterocycles. The number of rotatable bonds is 5. The molecule has 8 nitrogen and oxygen atoms in total. The summed E-state index contributed by atoms with van der Waals surface area (Å²) < 4.78 is 0. The molecule has 150 valence electrons. The van der Waals surface area contributed by atoms with Crippen LogP contribution in [0.2, 0.25) is 0 Å². The predicted octanol–water partition coefficient (Wildman–Crippen LogP) is 1.13. The molecule has 1 aromatic carbocycles. The van der Waals surface area contributed by atoms with Gasteiger partial charge in [0.25, 0.3) is 0 Å². The molecule has 28 heavy (non-hydrogen) atoms. The summed E-state index contributed by atoms with van der Waals surface area (Å²) in [5.74, 6) is -3.05. The highest BCUT2D eigenvalue weighted by Crippen LogP contribution is 2.32. The lowest BCUT2D eigenvalue weighted by atomic mass is 9.78. The third-order valence-corrected chi connectivity index (χ3v) is 5.82. The number of amides is 2. The van der Waals surface area contributed by atoms with Crippen molar-refractivity contribution >= 4 is 23.8 Å². The molecular formula is C20H24N2O6. The highest BCUT2D eigenvalue weighted by Gasteiger charge is 2.49. The Kier molecular flexibility index (Phi) is 5.67. The second kappa shape index (κ2) is 8.00. The second-order valence-electron chi connectivity index (χ2n) is 7.41. The van der Waals surface area contributed by atoms with Crippen molar-refractivity contribution in [2.45, 2.75) is 38.6 Å². The van der Waals surface area contributed by atoms with Gasteiger partial charge in [-0.05, 0) is 30.4 Å². The van der Waals surface area contributed by atoms with Gasteiger partial charge >= 0.3 is 11.9 Å². The van der Waals surface area contributed by atoms with Crippen LogP contribution in [0, 0.1) is 5.41 Å². The average Bonchev–Trinajstić information content (AvgIpc) is 2.71. The number of carbonyl (C=O) groups is 4. The number of likely N-dealkylation sites (tertiary alicyclic amines) is 1. The van der Waals surface area contributed by atoms with E-state index < -0.39 is 17.4 Å². The summed E-state index contributed by atoms with van der Waals surface area (Å²) in [6.45, 7) is 1.32. The van der Waals surface area contributed by atoms with E-state index in [9.17, 15) is 29.4 Å². The van der Waals surface area contributed by atoms with E-state index in [1.807, 2.05) is 18.2 Å². The van der Waals surface area contributed by atoms with Gasteiger partial charge in [0.15, 0.2) is 5.41 Å². The molecule has 0 radical (unpaired) electrons. The van der Waals surface area contributed by atoms with Crippen molar-refractivity contribution in [3.05, 3.63) is 35.4 Å². The Morgan fingerprint density at radius 2 is 1.36 bits per heavy atom. The quantitative estimate of drug-likeness (QED) is 0.731. The third-order valence-electron chi connectivity index (χ3n) is 5.82. The molecular weight excluding hydrogens is 364 g/mol. The van der Waals surface area contributed by atoms with E-state index in [4.69, 9.17) is 0 Å². The molecule has 2 heterocycles. The molecule has 1 fully saturated rings. The first-order valence-corrected chi connectivity index (χ1v) is 9.42. The summed E-state index contributed by atoms with van der Waals surface area (Å²) in [7, 11) is 0. The largest absolute Gasteiger partial charge is 0.480 e. The number of nitrogens with zero attached hydrogens (tertiary/aromatic N) is 2. The van der Waals surface area contributed by atoms with Crippen molar-refractivity contribution in [2.75, 3.05) is 19.6 Å². The molecule has 0 atom stereocenters. The summed E-state index contributed by atoms with van der Waals surface area (Å²) in [5, 5.41) is 18.5. The fourth-order valence-corrected chi connectivity index (χ4v) is 3.90. The van der Waals surface area contributed by atoms with Crippen molar-refractivity contribution in [3.8, 4) is 0 Å². The maximum Gasteiger partial charge on any atom is 0.321 e. The predicted molar refractivity (Wildman–Crippen MR) is 98.3 cm³/mol. The molecule has 2 aliphatic rings. The number of fused-ring (bicyclic) bond motifs is 1. The van der Waals surface area contributed by atoms with Gasteiger partial charge in [-0.3, -0.25) is 19.2 Å². The Morgan fingerprint density at radius 3 is 1.93 bits per heavy atom. The highest BCUT2D eigenvalue weighted by atomic mass is 16.4. The van der Waals surface area contributed by atoms with Crippen molar-refractivity contribution < 1.29 is 29.4 Å². The van der Waals surface area contributed by atoms with Gasteiger partial charge in [0.2, 0.25) is 11.8 Å². The minimum absolute atomic E-state index is 0.0458. The zero-order valence-electron chi connectivity index (χ0n) is 15.6. The van der Waals surface area contributed by atoms with Crippen LogP contribution in [0.1, 0.15) is 36.8 Å². The van der Waals surface area contributed by atoms with E-state index in [1.165, 1.54) is 10.5 Å². The zero-order chi connectivity index (χ0) is 20.3. The van der Waals surface area contributed by atoms with Crippen LogP contribution in [-0.2, 0) is 32.1 Å². The lowest BCUT2D eigenvalue weighted by Gasteiger charge is -2.36. The minimum Gasteiger partial charge on any atom is -0.480 e. The van der Waals surface area contributed by atoms with Crippen molar-refractivity contribution in [1.29, 1.82) is 0 Å². The topological polar surface area (TPSA) is 115 Å². The van der Waals surface area contributed by atoms with Crippen molar-refractivity contribution in [1.82, 2.24) is 9.80 Å². The molecule has 0 aliphatic carbocycles. The molecule has 0 spiro atoms. The van der Waals surface area contributed by atoms with Gasteiger partial charge in [-0.25, -0.2) is 0 Å². The van der Waals surface area contributed by atoms with Crippen molar-refractivity contribution in [2.24, 2.45) is 5.41 Å². The molecule has 8 heteroatoms. The van der Waals surface area contributed by atoms with E-state index in [-0.39, 0.29) is 50.6 Å². The smallest absolute Gasteiger partial charge is 0.321 e. The first kappa shape index (κ1) is 19.9. The molecule has 0 saturated carbocycles. The first-order valence-electron chi connectivity index (χ1n) is 9.42. The van der Waals surface area contributed by atoms with E-state index in [0.29, 0.717) is 13.1 Å². The van der Waals surface area contributed by atoms with Gasteiger partial charge in [-0.1, -0.05) is 24.3 Å². The van der Waals surface area contributed by atoms with Gasteiger partial charge in [-0.15, -0.1) is 0 Å². The number of hydrogen-bond acceptors (Lipinski definition) is 4. The highest BCUT2D eigenvalue weighted by molar-refractivity contribution is 5.98. The number of piperidine rings is 1. The number of benzene rings is 1. The standard InChI is InChI=1S/C20H24N2O6/c23-16(21-11-8-20(9-12-21,18(25)26)19(27)28)5-6-17(24)22-10-7-14-3-1-2-4-15(14)13-22/h1-4H,5-13H2,(H,25,26)(H,27,28). The number of hydrogen-bond donors (Lipinski definition) is 2. The number of aliphatic carboxylic acids is 2. The second-order valence-corrected chi connectivity index (χ2v) is 7.41. The van der Waals surface area contributed by atoms with E-state index >= 15 is 0 Å². The minimum atomic E-state index is -1.83. The SMILES string of the molecule is O=C(CCC(=O)N1CCc2ccccc2C1)N1CCC(C(=O)O)(C(=O)O)CC1. The van der Waals surface area contributed by atoms with Crippen LogP contribution >= 0.6 is 0 Å². The van der Waals surface area contributed by atoms with Crippen LogP contribution in [0.3, 0.4) is 0 Å². The summed E-state index contributed by atoms with van der Waals surface area (Å²) >= 11 is 0. The Labute approximate surface area is 162 Å². The molecule has 1 aromatic rings. The van der Waals surface area contributed by atoms with Crippen LogP contribution in [0.15, 0.2) is 24.3 Å². The lowest BCUT2D eigenvalue weighted by Crippen LogP contribution is -2.50. The normalized spacial score (nSPS) is 18.3. The van der Waals surface area contributed by atoms with Gasteiger partial charge < -0.3 is 20.0 Å². The molecule has 2 N–H and O–H groups in total. The fraction of sp³-hybridized carbons (Fsp3) is 0.500. The maximum absolute atomic E-state index is 12.5. The van der Waals surface area contributed by atoms with Gasteiger partial charge in [0, 0.05) is 39.0 Å². The summed E-state index contributed by atoms with van der Waals surface area (Å²) in [6, 6.07) is 7.99. The molecule has 3 rings (SSSR count). The maximum atomic E-state index is 12.5. The summed E-state index contributed by atoms with van der Waals surface area (Å²) in [6.07, 6.45) is 0.694. The molecule has 0 unspecified atom stereocenters. The Hall–Kier alpha value is -2.90. The zero-order valence-corrected chi connectivity index (χ0v) is 15.6. The monoisotopic (exact) mass is 388 g/mol. The van der Waals surface area contributed by atoms with Gasteiger partial charge in [0.1, 0.15) is 0 Å². The van der Waals surface area contributed by atoms with Gasteiger partial charge in [0.05, 0.1) is 0 Å². The van der Waals surface area contributed by atoms with Crippen molar-refractivity contribution in [3.63, 3.8) is 0 Å². The summed E-state index contributed by atoms with van der Waals surface area (Å²) in [4.78, 5) is 50.8. The molecule has 2 amide bonds. The number of carboxylic acids is 2. The Morgan fingerprint density at radius 1 is 0.821 bits per heavy atom. The van der Waals surface area contributed by atoms with Crippen LogP contribution < -0.4 is 0 Å². The third kappa shape index (κ3) is 3.85. The Balaban J connectivity index is 1.49. The molecule has 0 bridgehead atoms. The Bertz CT molecular complexity index is 782. The van der Waals surface area contributed by atoms with E-state index in [0.717, 1.165) is 12.0 Å². The van der Waals surface area contributed by atoms with Gasteiger partial charge in [-0.2, -0.15) is 0 Å². The van der Waals surface area contributed by atoms with E-state index in [2.05, 4.69) is 6.07 Å². The molecule has 2 aliphatic heterocycles. The van der Waals surface area contributed by atoms with Crippen LogP contribution in [0.5, 0.6) is 0 Å². The molecule has 1 saturated heterocycles. The van der Waals surface area contributed by atoms with Crippen LogP contribution in [-0.4, -0.2) is 63.4 Å². The first-order chi connectivity index (χ1) is 13.3. The lowest BCUT2D eigenvalue weighted by molar-refractivity contribution is -0.169. The number of carbonyl (C=O) groups excluding carboxylic acids is 2. The number of carboxylic acid groups (broad SMARTS) is 2. The fourth-order valence-electron chi connectivity index (χ4n) is 3.90. The van der Waals surface area contributed by atoms with E-state index in [1.54, 1.807) is 4.90 Å². The average molecular weight is 388 g/mol. The van der Waals surface area contributed by atoms with Crippen LogP contribution in [0.25, 0.3) is 0 Å².